The highest BCUT2D eigenvalue weighted by molar-refractivity contribution is 9.11. The fourth-order valence-electron chi connectivity index (χ4n) is 2.39. The van der Waals surface area contributed by atoms with Crippen LogP contribution < -0.4 is 5.43 Å². The lowest BCUT2D eigenvalue weighted by Crippen LogP contribution is -2.03. The van der Waals surface area contributed by atoms with Crippen LogP contribution in [-0.2, 0) is 0 Å². The SMILES string of the molecule is C/C(=N\Nc1cc(C)nc(-c2cc(Br)cc(Br)c2O)n1)c1ccc(O)cc1. The third-order valence-corrected chi connectivity index (χ3v) is 4.81. The molecule has 0 unspecified atom stereocenters. The van der Waals surface area contributed by atoms with E-state index in [1.807, 2.05) is 13.8 Å². The molecule has 1 aromatic heterocycles. The zero-order valence-corrected chi connectivity index (χ0v) is 17.7. The van der Waals surface area contributed by atoms with E-state index in [1.54, 1.807) is 42.5 Å². The van der Waals surface area contributed by atoms with Crippen molar-refractivity contribution in [1.82, 2.24) is 9.97 Å². The minimum atomic E-state index is 0.0681. The molecular weight excluding hydrogens is 476 g/mol. The summed E-state index contributed by atoms with van der Waals surface area (Å²) < 4.78 is 1.34. The molecule has 3 aromatic rings. The van der Waals surface area contributed by atoms with E-state index < -0.39 is 0 Å². The highest BCUT2D eigenvalue weighted by Crippen LogP contribution is 2.37. The molecule has 2 aromatic carbocycles. The first-order chi connectivity index (χ1) is 12.8. The van der Waals surface area contributed by atoms with Crippen molar-refractivity contribution in [2.75, 3.05) is 5.43 Å². The van der Waals surface area contributed by atoms with Gasteiger partial charge in [-0.25, -0.2) is 9.97 Å². The van der Waals surface area contributed by atoms with Gasteiger partial charge in [0, 0.05) is 16.2 Å². The number of nitrogens with zero attached hydrogens (tertiary/aromatic N) is 3. The normalized spacial score (nSPS) is 11.5. The number of nitrogens with one attached hydrogen (secondary N) is 1. The predicted molar refractivity (Wildman–Crippen MR) is 113 cm³/mol. The first-order valence-corrected chi connectivity index (χ1v) is 9.56. The molecule has 0 aliphatic carbocycles. The molecule has 0 spiro atoms. The Hall–Kier alpha value is -2.45. The van der Waals surface area contributed by atoms with Crippen LogP contribution in [0.4, 0.5) is 5.82 Å². The third kappa shape index (κ3) is 4.64. The summed E-state index contributed by atoms with van der Waals surface area (Å²) in [5.74, 6) is 1.16. The highest BCUT2D eigenvalue weighted by atomic mass is 79.9. The summed E-state index contributed by atoms with van der Waals surface area (Å²) in [5.41, 5.74) is 5.77. The van der Waals surface area contributed by atoms with Crippen LogP contribution in [0.1, 0.15) is 18.2 Å². The fourth-order valence-corrected chi connectivity index (χ4v) is 3.62. The van der Waals surface area contributed by atoms with Crippen molar-refractivity contribution in [3.63, 3.8) is 0 Å². The molecule has 1 heterocycles. The molecule has 0 fully saturated rings. The largest absolute Gasteiger partial charge is 0.508 e. The number of benzene rings is 2. The van der Waals surface area contributed by atoms with Gasteiger partial charge in [0.1, 0.15) is 11.5 Å². The molecular formula is C19H16Br2N4O2. The minimum absolute atomic E-state index is 0.0681. The zero-order chi connectivity index (χ0) is 19.6. The molecule has 8 heteroatoms. The van der Waals surface area contributed by atoms with Crippen molar-refractivity contribution in [1.29, 1.82) is 0 Å². The molecule has 0 saturated heterocycles. The summed E-state index contributed by atoms with van der Waals surface area (Å²) in [5, 5.41) is 24.0. The van der Waals surface area contributed by atoms with Gasteiger partial charge in [-0.15, -0.1) is 0 Å². The second-order valence-corrected chi connectivity index (χ2v) is 7.63. The number of phenols is 2. The number of hydrogen-bond donors (Lipinski definition) is 3. The van der Waals surface area contributed by atoms with Crippen molar-refractivity contribution in [2.45, 2.75) is 13.8 Å². The summed E-state index contributed by atoms with van der Waals surface area (Å²) in [6.45, 7) is 3.70. The van der Waals surface area contributed by atoms with Crippen molar-refractivity contribution in [3.8, 4) is 22.9 Å². The monoisotopic (exact) mass is 490 g/mol. The maximum atomic E-state index is 10.3. The first-order valence-electron chi connectivity index (χ1n) is 7.97. The third-order valence-electron chi connectivity index (χ3n) is 3.75. The van der Waals surface area contributed by atoms with Gasteiger partial charge in [0.05, 0.1) is 15.7 Å². The highest BCUT2D eigenvalue weighted by Gasteiger charge is 2.13. The van der Waals surface area contributed by atoms with E-state index in [1.165, 1.54) is 0 Å². The molecule has 27 heavy (non-hydrogen) atoms. The molecule has 0 amide bonds. The lowest BCUT2D eigenvalue weighted by molar-refractivity contribution is 0.473. The van der Waals surface area contributed by atoms with Crippen LogP contribution in [0.2, 0.25) is 0 Å². The first kappa shape index (κ1) is 19.3. The number of aromatic hydroxyl groups is 2. The number of aryl methyl sites for hydroxylation is 1. The van der Waals surface area contributed by atoms with Crippen molar-refractivity contribution in [3.05, 3.63) is 62.7 Å². The standard InChI is InChI=1S/C19H16Br2N4O2/c1-10-7-17(25-24-11(2)12-3-5-14(26)6-4-12)23-19(22-10)15-8-13(20)9-16(21)18(15)27/h3-9,26-27H,1-2H3,(H,22,23,25)/b24-11+. The van der Waals surface area contributed by atoms with Crippen molar-refractivity contribution in [2.24, 2.45) is 5.10 Å². The van der Waals surface area contributed by atoms with Gasteiger partial charge in [0.25, 0.3) is 0 Å². The molecule has 138 valence electrons. The lowest BCUT2D eigenvalue weighted by atomic mass is 10.1. The molecule has 0 atom stereocenters. The van der Waals surface area contributed by atoms with Gasteiger partial charge >= 0.3 is 0 Å². The van der Waals surface area contributed by atoms with Gasteiger partial charge in [-0.05, 0) is 71.7 Å². The number of aromatic nitrogens is 2. The van der Waals surface area contributed by atoms with E-state index in [9.17, 15) is 10.2 Å². The quantitative estimate of drug-likeness (QED) is 0.343. The Balaban J connectivity index is 1.92. The number of phenolic OH excluding ortho intramolecular Hbond substituents is 2. The van der Waals surface area contributed by atoms with E-state index in [4.69, 9.17) is 0 Å². The van der Waals surface area contributed by atoms with E-state index in [0.717, 1.165) is 21.4 Å². The molecule has 0 aliphatic heterocycles. The average Bonchev–Trinajstić information content (AvgIpc) is 2.63. The number of hydrogen-bond acceptors (Lipinski definition) is 6. The molecule has 3 N–H and O–H groups in total. The van der Waals surface area contributed by atoms with Crippen LogP contribution >= 0.6 is 31.9 Å². The summed E-state index contributed by atoms with van der Waals surface area (Å²) >= 11 is 6.73. The Morgan fingerprint density at radius 3 is 2.44 bits per heavy atom. The lowest BCUT2D eigenvalue weighted by Gasteiger charge is -2.09. The second kappa shape index (κ2) is 8.06. The van der Waals surface area contributed by atoms with Crippen molar-refractivity contribution >= 4 is 43.4 Å². The smallest absolute Gasteiger partial charge is 0.165 e. The molecule has 3 rings (SSSR count). The van der Waals surface area contributed by atoms with Crippen LogP contribution in [0.15, 0.2) is 56.5 Å². The molecule has 0 saturated carbocycles. The van der Waals surface area contributed by atoms with E-state index in [0.29, 0.717) is 21.7 Å². The van der Waals surface area contributed by atoms with Crippen molar-refractivity contribution < 1.29 is 10.2 Å². The Morgan fingerprint density at radius 1 is 1.04 bits per heavy atom. The Bertz CT molecular complexity index is 1020. The van der Waals surface area contributed by atoms with Gasteiger partial charge in [-0.1, -0.05) is 15.9 Å². The molecule has 0 bridgehead atoms. The van der Waals surface area contributed by atoms with E-state index >= 15 is 0 Å². The average molecular weight is 492 g/mol. The van der Waals surface area contributed by atoms with Crippen LogP contribution in [0.3, 0.4) is 0 Å². The van der Waals surface area contributed by atoms with Gasteiger partial charge in [0.15, 0.2) is 11.6 Å². The number of halogens is 2. The maximum absolute atomic E-state index is 10.3. The minimum Gasteiger partial charge on any atom is -0.508 e. The van der Waals surface area contributed by atoms with Crippen LogP contribution in [0, 0.1) is 6.92 Å². The van der Waals surface area contributed by atoms with Crippen LogP contribution in [0.25, 0.3) is 11.4 Å². The molecule has 0 radical (unpaired) electrons. The summed E-state index contributed by atoms with van der Waals surface area (Å²) in [6, 6.07) is 12.0. The topological polar surface area (TPSA) is 90.6 Å². The second-order valence-electron chi connectivity index (χ2n) is 5.86. The van der Waals surface area contributed by atoms with E-state index in [2.05, 4.69) is 52.4 Å². The Morgan fingerprint density at radius 2 is 1.74 bits per heavy atom. The van der Waals surface area contributed by atoms with Gasteiger partial charge in [-0.2, -0.15) is 5.10 Å². The summed E-state index contributed by atoms with van der Waals surface area (Å²) in [7, 11) is 0. The fraction of sp³-hybridized carbons (Fsp3) is 0.105. The molecule has 0 aliphatic rings. The predicted octanol–water partition coefficient (Wildman–Crippen LogP) is 5.22. The molecule has 6 nitrogen and oxygen atoms in total. The van der Waals surface area contributed by atoms with E-state index in [-0.39, 0.29) is 11.5 Å². The number of hydrazone groups is 1. The zero-order valence-electron chi connectivity index (χ0n) is 14.5. The Labute approximate surface area is 173 Å². The number of rotatable bonds is 4. The Kier molecular flexibility index (Phi) is 5.76. The van der Waals surface area contributed by atoms with Gasteiger partial charge < -0.3 is 10.2 Å². The summed E-state index contributed by atoms with van der Waals surface area (Å²) in [6.07, 6.45) is 0. The van der Waals surface area contributed by atoms with Gasteiger partial charge in [0.2, 0.25) is 0 Å². The maximum Gasteiger partial charge on any atom is 0.165 e. The summed E-state index contributed by atoms with van der Waals surface area (Å²) in [4.78, 5) is 8.87. The van der Waals surface area contributed by atoms with Crippen LogP contribution in [-0.4, -0.2) is 25.9 Å². The van der Waals surface area contributed by atoms with Gasteiger partial charge in [-0.3, -0.25) is 5.43 Å². The van der Waals surface area contributed by atoms with Crippen LogP contribution in [0.5, 0.6) is 11.5 Å². The number of anilines is 1.